The largest absolute Gasteiger partial charge is 0.381 e. The van der Waals surface area contributed by atoms with Gasteiger partial charge in [-0.2, -0.15) is 0 Å². The number of nitrogens with zero attached hydrogens (tertiary/aromatic N) is 2. The average molecular weight is 351 g/mol. The Morgan fingerprint density at radius 1 is 1.17 bits per heavy atom. The molecule has 0 bridgehead atoms. The maximum Gasteiger partial charge on any atom is 0.228 e. The summed E-state index contributed by atoms with van der Waals surface area (Å²) in [7, 11) is 0. The van der Waals surface area contributed by atoms with Crippen LogP contribution in [0.15, 0.2) is 30.3 Å². The molecule has 1 fully saturated rings. The van der Waals surface area contributed by atoms with Gasteiger partial charge in [0.05, 0.1) is 5.02 Å². The number of aromatic nitrogens is 2. The molecule has 1 amide bonds. The number of nitrogens with one attached hydrogen (secondary N) is 2. The maximum absolute atomic E-state index is 13.1. The Morgan fingerprint density at radius 3 is 2.54 bits per heavy atom. The summed E-state index contributed by atoms with van der Waals surface area (Å²) in [5, 5.41) is 13.7. The lowest BCUT2D eigenvalue weighted by Crippen LogP contribution is -2.28. The van der Waals surface area contributed by atoms with Gasteiger partial charge in [-0.25, -0.2) is 4.39 Å². The minimum atomic E-state index is -0.487. The Hall–Kier alpha value is -2.25. The molecule has 6 nitrogen and oxygen atoms in total. The van der Waals surface area contributed by atoms with Crippen molar-refractivity contribution in [2.24, 2.45) is 5.92 Å². The zero-order valence-corrected chi connectivity index (χ0v) is 13.5. The minimum absolute atomic E-state index is 0.0216. The number of rotatable bonds is 4. The third-order valence-corrected chi connectivity index (χ3v) is 3.99. The first-order valence-electron chi connectivity index (χ1n) is 7.56. The van der Waals surface area contributed by atoms with Gasteiger partial charge < -0.3 is 15.4 Å². The summed E-state index contributed by atoms with van der Waals surface area (Å²) in [4.78, 5) is 12.1. The lowest BCUT2D eigenvalue weighted by molar-refractivity contribution is -0.122. The van der Waals surface area contributed by atoms with E-state index < -0.39 is 5.82 Å². The summed E-state index contributed by atoms with van der Waals surface area (Å²) in [5.41, 5.74) is 0.592. The molecule has 8 heteroatoms. The molecule has 24 heavy (non-hydrogen) atoms. The van der Waals surface area contributed by atoms with Crippen LogP contribution >= 0.6 is 11.6 Å². The number of hydrogen-bond acceptors (Lipinski definition) is 5. The SMILES string of the molecule is O=C(Nc1ccc(Nc2ccc(F)c(Cl)c2)nn1)C1CCOCC1. The normalized spacial score (nSPS) is 15.1. The zero-order chi connectivity index (χ0) is 16.9. The number of carbonyl (C=O) groups is 1. The van der Waals surface area contributed by atoms with Gasteiger partial charge in [-0.05, 0) is 43.2 Å². The summed E-state index contributed by atoms with van der Waals surface area (Å²) in [6.45, 7) is 1.21. The molecule has 0 radical (unpaired) electrons. The van der Waals surface area contributed by atoms with Gasteiger partial charge in [0.15, 0.2) is 11.6 Å². The molecule has 3 rings (SSSR count). The van der Waals surface area contributed by atoms with Crippen molar-refractivity contribution in [3.63, 3.8) is 0 Å². The second-order valence-corrected chi connectivity index (χ2v) is 5.84. The topological polar surface area (TPSA) is 76.1 Å². The fraction of sp³-hybridized carbons (Fsp3) is 0.312. The molecule has 1 saturated heterocycles. The number of anilines is 3. The van der Waals surface area contributed by atoms with Crippen molar-refractivity contribution in [1.29, 1.82) is 0 Å². The van der Waals surface area contributed by atoms with Crippen LogP contribution in [0, 0.1) is 11.7 Å². The highest BCUT2D eigenvalue weighted by Crippen LogP contribution is 2.22. The van der Waals surface area contributed by atoms with Gasteiger partial charge >= 0.3 is 0 Å². The molecule has 1 aliphatic rings. The highest BCUT2D eigenvalue weighted by molar-refractivity contribution is 6.31. The molecule has 0 saturated carbocycles. The van der Waals surface area contributed by atoms with E-state index in [-0.39, 0.29) is 16.8 Å². The van der Waals surface area contributed by atoms with Gasteiger partial charge in [0.25, 0.3) is 0 Å². The molecule has 0 unspecified atom stereocenters. The van der Waals surface area contributed by atoms with E-state index in [1.165, 1.54) is 12.1 Å². The Bertz CT molecular complexity index is 721. The van der Waals surface area contributed by atoms with Gasteiger partial charge in [-0.1, -0.05) is 11.6 Å². The van der Waals surface area contributed by atoms with E-state index in [2.05, 4.69) is 20.8 Å². The fourth-order valence-electron chi connectivity index (χ4n) is 2.38. The molecule has 0 atom stereocenters. The second kappa shape index (κ2) is 7.55. The number of benzene rings is 1. The third kappa shape index (κ3) is 4.18. The first-order valence-corrected chi connectivity index (χ1v) is 7.94. The van der Waals surface area contributed by atoms with Crippen LogP contribution < -0.4 is 10.6 Å². The maximum atomic E-state index is 13.1. The van der Waals surface area contributed by atoms with Crippen LogP contribution in [0.1, 0.15) is 12.8 Å². The summed E-state index contributed by atoms with van der Waals surface area (Å²) >= 11 is 5.73. The molecule has 126 valence electrons. The lowest BCUT2D eigenvalue weighted by Gasteiger charge is -2.20. The van der Waals surface area contributed by atoms with Crippen LogP contribution in [0.25, 0.3) is 0 Å². The molecule has 2 N–H and O–H groups in total. The number of carbonyl (C=O) groups excluding carboxylic acids is 1. The predicted octanol–water partition coefficient (Wildman–Crippen LogP) is 3.38. The lowest BCUT2D eigenvalue weighted by atomic mass is 9.99. The van der Waals surface area contributed by atoms with E-state index in [0.29, 0.717) is 43.4 Å². The fourth-order valence-corrected chi connectivity index (χ4v) is 2.56. The minimum Gasteiger partial charge on any atom is -0.381 e. The monoisotopic (exact) mass is 350 g/mol. The van der Waals surface area contributed by atoms with Crippen molar-refractivity contribution in [3.8, 4) is 0 Å². The molecular weight excluding hydrogens is 335 g/mol. The van der Waals surface area contributed by atoms with Crippen molar-refractivity contribution in [1.82, 2.24) is 10.2 Å². The smallest absolute Gasteiger partial charge is 0.228 e. The molecule has 1 aromatic heterocycles. The van der Waals surface area contributed by atoms with Crippen LogP contribution in [0.3, 0.4) is 0 Å². The summed E-state index contributed by atoms with van der Waals surface area (Å²) in [5.74, 6) is 0.230. The molecule has 2 aromatic rings. The van der Waals surface area contributed by atoms with Gasteiger partial charge in [-0.3, -0.25) is 4.79 Å². The second-order valence-electron chi connectivity index (χ2n) is 5.43. The molecule has 0 spiro atoms. The third-order valence-electron chi connectivity index (χ3n) is 3.70. The van der Waals surface area contributed by atoms with E-state index >= 15 is 0 Å². The number of ether oxygens (including phenoxy) is 1. The van der Waals surface area contributed by atoms with Crippen molar-refractivity contribution in [3.05, 3.63) is 41.2 Å². The molecule has 1 aliphatic heterocycles. The van der Waals surface area contributed by atoms with Crippen LogP contribution in [0.5, 0.6) is 0 Å². The first kappa shape index (κ1) is 16.6. The summed E-state index contributed by atoms with van der Waals surface area (Å²) in [6.07, 6.45) is 1.43. The molecular formula is C16H16ClFN4O2. The van der Waals surface area contributed by atoms with Crippen molar-refractivity contribution in [2.75, 3.05) is 23.8 Å². The van der Waals surface area contributed by atoms with E-state index in [4.69, 9.17) is 16.3 Å². The number of halogens is 2. The molecule has 0 aliphatic carbocycles. The standard InChI is InChI=1S/C16H16ClFN4O2/c17-12-9-11(1-2-13(12)18)19-14-3-4-15(22-21-14)20-16(23)10-5-7-24-8-6-10/h1-4,9-10H,5-8H2,(H,19,21)(H,20,22,23). The van der Waals surface area contributed by atoms with Crippen molar-refractivity contribution >= 4 is 34.8 Å². The van der Waals surface area contributed by atoms with Crippen molar-refractivity contribution < 1.29 is 13.9 Å². The molecule has 2 heterocycles. The van der Waals surface area contributed by atoms with Gasteiger partial charge in [0.2, 0.25) is 5.91 Å². The highest BCUT2D eigenvalue weighted by atomic mass is 35.5. The van der Waals surface area contributed by atoms with Gasteiger partial charge in [0.1, 0.15) is 5.82 Å². The highest BCUT2D eigenvalue weighted by Gasteiger charge is 2.21. The Balaban J connectivity index is 1.60. The quantitative estimate of drug-likeness (QED) is 0.884. The van der Waals surface area contributed by atoms with Crippen molar-refractivity contribution in [2.45, 2.75) is 12.8 Å². The Kier molecular flexibility index (Phi) is 5.22. The van der Waals surface area contributed by atoms with Crippen LogP contribution in [0.4, 0.5) is 21.7 Å². The first-order chi connectivity index (χ1) is 11.6. The molecule has 1 aromatic carbocycles. The summed E-state index contributed by atoms with van der Waals surface area (Å²) < 4.78 is 18.4. The van der Waals surface area contributed by atoms with Gasteiger partial charge in [-0.15, -0.1) is 10.2 Å². The van der Waals surface area contributed by atoms with E-state index in [1.807, 2.05) is 0 Å². The van der Waals surface area contributed by atoms with Crippen LogP contribution in [0.2, 0.25) is 5.02 Å². The van der Waals surface area contributed by atoms with E-state index in [9.17, 15) is 9.18 Å². The van der Waals surface area contributed by atoms with Crippen LogP contribution in [-0.4, -0.2) is 29.3 Å². The van der Waals surface area contributed by atoms with Crippen LogP contribution in [-0.2, 0) is 9.53 Å². The van der Waals surface area contributed by atoms with E-state index in [1.54, 1.807) is 18.2 Å². The Labute approximate surface area is 143 Å². The zero-order valence-electron chi connectivity index (χ0n) is 12.8. The number of hydrogen-bond donors (Lipinski definition) is 2. The van der Waals surface area contributed by atoms with E-state index in [0.717, 1.165) is 0 Å². The predicted molar refractivity (Wildman–Crippen MR) is 88.9 cm³/mol. The number of amides is 1. The Morgan fingerprint density at radius 2 is 1.88 bits per heavy atom. The average Bonchev–Trinajstić information content (AvgIpc) is 2.61. The van der Waals surface area contributed by atoms with Gasteiger partial charge in [0, 0.05) is 24.8 Å². The summed E-state index contributed by atoms with van der Waals surface area (Å²) in [6, 6.07) is 7.59.